The van der Waals surface area contributed by atoms with Crippen LogP contribution in [-0.4, -0.2) is 70.7 Å². The molecule has 1 saturated heterocycles. The van der Waals surface area contributed by atoms with Gasteiger partial charge in [0.15, 0.2) is 10.8 Å². The average Bonchev–Trinajstić information content (AvgIpc) is 3.32. The topological polar surface area (TPSA) is 139 Å². The Kier molecular flexibility index (Phi) is 10.1. The number of oxime groups is 1. The molecule has 1 aromatic heterocycles. The first-order valence-electron chi connectivity index (χ1n) is 11.4. The van der Waals surface area contributed by atoms with Crippen LogP contribution in [0.5, 0.6) is 0 Å². The maximum absolute atomic E-state index is 12.9. The van der Waals surface area contributed by atoms with Crippen LogP contribution >= 0.6 is 23.1 Å². The van der Waals surface area contributed by atoms with Crippen LogP contribution in [0.4, 0.5) is 5.13 Å². The van der Waals surface area contributed by atoms with Crippen LogP contribution in [0.2, 0.25) is 0 Å². The van der Waals surface area contributed by atoms with E-state index in [-0.39, 0.29) is 22.2 Å². The van der Waals surface area contributed by atoms with Crippen LogP contribution in [0, 0.1) is 0 Å². The third kappa shape index (κ3) is 6.60. The van der Waals surface area contributed by atoms with Gasteiger partial charge >= 0.3 is 5.97 Å². The lowest BCUT2D eigenvalue weighted by Crippen LogP contribution is -2.70. The fourth-order valence-electron chi connectivity index (χ4n) is 3.66. The van der Waals surface area contributed by atoms with Crippen molar-refractivity contribution in [2.24, 2.45) is 5.16 Å². The number of unbranched alkanes of at least 4 members (excludes halogenated alkanes) is 5. The summed E-state index contributed by atoms with van der Waals surface area (Å²) < 4.78 is 5.38. The molecule has 2 N–H and O–H groups in total. The molecule has 3 amide bonds. The molecule has 1 unspecified atom stereocenters. The van der Waals surface area contributed by atoms with Crippen molar-refractivity contribution in [3.8, 4) is 0 Å². The van der Waals surface area contributed by atoms with Crippen LogP contribution in [0.25, 0.3) is 0 Å². The summed E-state index contributed by atoms with van der Waals surface area (Å²) in [6, 6.07) is -0.837. The highest BCUT2D eigenvalue weighted by molar-refractivity contribution is 8.00. The Hall–Kier alpha value is -2.93. The van der Waals surface area contributed by atoms with Crippen LogP contribution in [0.15, 0.2) is 22.3 Å². The Morgan fingerprint density at radius 3 is 2.80 bits per heavy atom. The van der Waals surface area contributed by atoms with Gasteiger partial charge in [-0.2, -0.15) is 0 Å². The number of nitrogens with one attached hydrogen (secondary N) is 2. The molecule has 2 aliphatic rings. The second kappa shape index (κ2) is 13.2. The lowest BCUT2D eigenvalue weighted by molar-refractivity contribution is -0.152. The molecule has 2 atom stereocenters. The third-order valence-corrected chi connectivity index (χ3v) is 7.36. The van der Waals surface area contributed by atoms with Gasteiger partial charge in [-0.1, -0.05) is 44.2 Å². The first-order valence-corrected chi connectivity index (χ1v) is 13.3. The Bertz CT molecular complexity index is 995. The molecule has 1 fully saturated rings. The summed E-state index contributed by atoms with van der Waals surface area (Å²) in [5.74, 6) is -1.08. The smallest absolute Gasteiger partial charge is 0.354 e. The number of carbonyl (C=O) groups excluding carboxylic acids is 4. The maximum Gasteiger partial charge on any atom is 0.354 e. The normalized spacial score (nSPS) is 19.3. The van der Waals surface area contributed by atoms with Crippen LogP contribution in [0.1, 0.15) is 51.1 Å². The number of fused-ring (bicyclic) bond motifs is 1. The minimum Gasteiger partial charge on any atom is -0.461 e. The van der Waals surface area contributed by atoms with Crippen LogP contribution in [-0.2, 0) is 28.8 Å². The fourth-order valence-corrected chi connectivity index (χ4v) is 5.50. The highest BCUT2D eigenvalue weighted by Gasteiger charge is 2.53. The van der Waals surface area contributed by atoms with E-state index in [0.29, 0.717) is 18.8 Å². The number of nitrogens with zero attached hydrogens (tertiary/aromatic N) is 3. The number of hydrogen-bond donors (Lipinski definition) is 2. The molecule has 11 nitrogen and oxygen atoms in total. The van der Waals surface area contributed by atoms with Gasteiger partial charge in [0, 0.05) is 11.1 Å². The second-order valence-electron chi connectivity index (χ2n) is 7.80. The monoisotopic (exact) mass is 523 g/mol. The van der Waals surface area contributed by atoms with Crippen molar-refractivity contribution in [1.82, 2.24) is 15.2 Å². The number of carbonyl (C=O) groups is 4. The first kappa shape index (κ1) is 26.7. The van der Waals surface area contributed by atoms with Gasteiger partial charge in [-0.3, -0.25) is 19.3 Å². The molecule has 0 radical (unpaired) electrons. The molecule has 0 aromatic carbocycles. The molecule has 3 heterocycles. The number of β-lactam (4-membered cyclic amide) rings is 1. The summed E-state index contributed by atoms with van der Waals surface area (Å²) >= 11 is 2.54. The van der Waals surface area contributed by atoms with Crippen molar-refractivity contribution in [2.75, 3.05) is 24.8 Å². The number of aromatic nitrogens is 1. The van der Waals surface area contributed by atoms with Crippen molar-refractivity contribution < 1.29 is 28.8 Å². The number of anilines is 1. The van der Waals surface area contributed by atoms with Gasteiger partial charge in [-0.15, -0.1) is 23.1 Å². The third-order valence-electron chi connectivity index (χ3n) is 5.40. The van der Waals surface area contributed by atoms with Gasteiger partial charge in [-0.25, -0.2) is 9.78 Å². The molecule has 3 rings (SSSR count). The molecule has 0 bridgehead atoms. The van der Waals surface area contributed by atoms with Crippen LogP contribution < -0.4 is 10.6 Å². The zero-order valence-electron chi connectivity index (χ0n) is 19.7. The van der Waals surface area contributed by atoms with Gasteiger partial charge in [0.25, 0.3) is 11.8 Å². The zero-order valence-corrected chi connectivity index (χ0v) is 21.3. The average molecular weight is 524 g/mol. The molecule has 35 heavy (non-hydrogen) atoms. The van der Waals surface area contributed by atoms with E-state index in [1.165, 1.54) is 48.4 Å². The summed E-state index contributed by atoms with van der Waals surface area (Å²) in [5.41, 5.74) is 0.270. The predicted molar refractivity (Wildman–Crippen MR) is 133 cm³/mol. The van der Waals surface area contributed by atoms with Crippen LogP contribution in [0.3, 0.4) is 0 Å². The van der Waals surface area contributed by atoms with E-state index in [9.17, 15) is 19.2 Å². The number of thiazole rings is 1. The Labute approximate surface area is 211 Å². The molecular weight excluding hydrogens is 494 g/mol. The van der Waals surface area contributed by atoms with E-state index >= 15 is 0 Å². The summed E-state index contributed by atoms with van der Waals surface area (Å²) in [6.07, 6.45) is 8.62. The van der Waals surface area contributed by atoms with Crippen molar-refractivity contribution in [3.05, 3.63) is 22.8 Å². The summed E-state index contributed by atoms with van der Waals surface area (Å²) in [4.78, 5) is 59.2. The van der Waals surface area contributed by atoms with Crippen molar-refractivity contribution in [3.63, 3.8) is 0 Å². The minimum absolute atomic E-state index is 0.135. The molecular formula is C22H29N5O6S2. The highest BCUT2D eigenvalue weighted by Crippen LogP contribution is 2.37. The van der Waals surface area contributed by atoms with E-state index in [2.05, 4.69) is 27.7 Å². The molecule has 0 saturated carbocycles. The number of thioether (sulfide) groups is 1. The standard InChI is InChI=1S/C22H29N5O6S2/c1-3-4-5-6-7-8-10-33-21(31)15-9-11-34-20-17(19(30)27(15)20)25-18(29)16(26-32-2)14-12-35-22(24-14)23-13-28/h9,12-13,17,20H,3-8,10-11H2,1-2H3,(H,25,29)(H,23,24,28)/b26-16-/t17?,20-/m1/s1. The first-order chi connectivity index (χ1) is 17.0. The number of hydrogen-bond acceptors (Lipinski definition) is 10. The van der Waals surface area contributed by atoms with Gasteiger partial charge in [-0.05, 0) is 12.5 Å². The zero-order chi connectivity index (χ0) is 25.2. The second-order valence-corrected chi connectivity index (χ2v) is 9.81. The summed E-state index contributed by atoms with van der Waals surface area (Å²) in [7, 11) is 1.28. The Balaban J connectivity index is 1.55. The van der Waals surface area contributed by atoms with E-state index in [1.807, 2.05) is 0 Å². The minimum atomic E-state index is -0.837. The molecule has 2 aliphatic heterocycles. The molecule has 13 heteroatoms. The number of rotatable bonds is 14. The van der Waals surface area contributed by atoms with Gasteiger partial charge in [0.1, 0.15) is 29.9 Å². The van der Waals surface area contributed by atoms with E-state index < -0.39 is 29.2 Å². The van der Waals surface area contributed by atoms with E-state index in [4.69, 9.17) is 9.57 Å². The Morgan fingerprint density at radius 1 is 1.29 bits per heavy atom. The van der Waals surface area contributed by atoms with Crippen molar-refractivity contribution >= 4 is 58.1 Å². The predicted octanol–water partition coefficient (Wildman–Crippen LogP) is 2.25. The van der Waals surface area contributed by atoms with E-state index in [0.717, 1.165) is 30.6 Å². The fraction of sp³-hybridized carbons (Fsp3) is 0.545. The van der Waals surface area contributed by atoms with Crippen molar-refractivity contribution in [2.45, 2.75) is 56.9 Å². The quantitative estimate of drug-likeness (QED) is 0.0945. The number of esters is 1. The maximum atomic E-state index is 12.9. The van der Waals surface area contributed by atoms with Gasteiger partial charge in [0.2, 0.25) is 6.41 Å². The molecule has 190 valence electrons. The van der Waals surface area contributed by atoms with Gasteiger partial charge in [0.05, 0.1) is 6.61 Å². The van der Waals surface area contributed by atoms with Gasteiger partial charge < -0.3 is 20.2 Å². The Morgan fingerprint density at radius 2 is 2.06 bits per heavy atom. The number of ether oxygens (including phenoxy) is 1. The largest absolute Gasteiger partial charge is 0.461 e. The molecule has 1 aromatic rings. The lowest BCUT2D eigenvalue weighted by atomic mass is 10.0. The summed E-state index contributed by atoms with van der Waals surface area (Å²) in [5, 5.41) is 10.2. The molecule has 0 spiro atoms. The summed E-state index contributed by atoms with van der Waals surface area (Å²) in [6.45, 7) is 2.48. The molecule has 0 aliphatic carbocycles. The van der Waals surface area contributed by atoms with E-state index in [1.54, 1.807) is 6.08 Å². The highest BCUT2D eigenvalue weighted by atomic mass is 32.2. The number of amides is 3. The lowest BCUT2D eigenvalue weighted by Gasteiger charge is -2.48. The SMILES string of the molecule is CCCCCCCCOC(=O)C1=CCS[C@@H]2C(NC(=O)/C(=N\OC)c3csc(NC=O)n3)C(=O)N12. The van der Waals surface area contributed by atoms with Crippen molar-refractivity contribution in [1.29, 1.82) is 0 Å².